The van der Waals surface area contributed by atoms with Gasteiger partial charge in [-0.15, -0.1) is 0 Å². The zero-order chi connectivity index (χ0) is 29.8. The predicted octanol–water partition coefficient (Wildman–Crippen LogP) is 4.59. The molecule has 0 aliphatic carbocycles. The number of benzene rings is 2. The number of carbonyl (C=O) groups excluding carboxylic acids is 2. The number of aryl methyl sites for hydroxylation is 2. The van der Waals surface area contributed by atoms with E-state index in [1.54, 1.807) is 31.3 Å². The fraction of sp³-hybridized carbons (Fsp3) is 0.576. The van der Waals surface area contributed by atoms with E-state index >= 15 is 0 Å². The van der Waals surface area contributed by atoms with E-state index in [1.807, 2.05) is 32.9 Å². The largest absolute Gasteiger partial charge is 0.507 e. The van der Waals surface area contributed by atoms with E-state index in [1.165, 1.54) is 19.3 Å². The molecule has 0 aromatic heterocycles. The standard InChI is InChI=1S/C33H48N2O6/c1-6-25-22-26(11-12-30(25)41-20-15-34-13-9-8-10-14-34)33(38)32-28(27(7-2)24(3)21-29(32)36)23-31(37)35(16-18-39-4)17-19-40-5/h11-12,21-22,36H,6-10,13-20,23H2,1-5H3. The Hall–Kier alpha value is -2.94. The molecule has 0 atom stereocenters. The second-order valence-corrected chi connectivity index (χ2v) is 10.7. The van der Waals surface area contributed by atoms with Gasteiger partial charge in [0.2, 0.25) is 5.91 Å². The third kappa shape index (κ3) is 8.77. The van der Waals surface area contributed by atoms with Crippen LogP contribution in [-0.2, 0) is 33.5 Å². The van der Waals surface area contributed by atoms with Crippen molar-refractivity contribution in [3.8, 4) is 11.5 Å². The SMILES string of the molecule is CCc1cc(C(=O)c2c(O)cc(C)c(CC)c2CC(=O)N(CCOC)CCOC)ccc1OCCN1CCCCC1. The second-order valence-electron chi connectivity index (χ2n) is 10.7. The number of aromatic hydroxyl groups is 1. The number of ketones is 1. The Morgan fingerprint density at radius 3 is 2.22 bits per heavy atom. The number of hydrogen-bond donors (Lipinski definition) is 1. The lowest BCUT2D eigenvalue weighted by atomic mass is 9.87. The third-order valence-corrected chi connectivity index (χ3v) is 7.96. The highest BCUT2D eigenvalue weighted by Gasteiger charge is 2.26. The topological polar surface area (TPSA) is 88.5 Å². The predicted molar refractivity (Wildman–Crippen MR) is 161 cm³/mol. The number of hydrogen-bond acceptors (Lipinski definition) is 7. The number of rotatable bonds is 16. The molecule has 1 fully saturated rings. The summed E-state index contributed by atoms with van der Waals surface area (Å²) in [4.78, 5) is 31.6. The zero-order valence-corrected chi connectivity index (χ0v) is 25.6. The Kier molecular flexibility index (Phi) is 13.1. The minimum absolute atomic E-state index is 0.00520. The van der Waals surface area contributed by atoms with Gasteiger partial charge in [0, 0.05) is 39.4 Å². The van der Waals surface area contributed by atoms with Gasteiger partial charge in [0.15, 0.2) is 5.78 Å². The highest BCUT2D eigenvalue weighted by atomic mass is 16.5. The summed E-state index contributed by atoms with van der Waals surface area (Å²) in [5.41, 5.74) is 3.96. The third-order valence-electron chi connectivity index (χ3n) is 7.96. The first kappa shape index (κ1) is 32.6. The summed E-state index contributed by atoms with van der Waals surface area (Å²) in [6.07, 6.45) is 5.14. The van der Waals surface area contributed by atoms with Crippen LogP contribution in [0.3, 0.4) is 0 Å². The Morgan fingerprint density at radius 1 is 0.927 bits per heavy atom. The van der Waals surface area contributed by atoms with E-state index in [9.17, 15) is 14.7 Å². The van der Waals surface area contributed by atoms with Crippen molar-refractivity contribution in [2.45, 2.75) is 59.3 Å². The molecule has 8 nitrogen and oxygen atoms in total. The van der Waals surface area contributed by atoms with Crippen LogP contribution < -0.4 is 4.74 Å². The van der Waals surface area contributed by atoms with Gasteiger partial charge in [-0.25, -0.2) is 0 Å². The fourth-order valence-corrected chi connectivity index (χ4v) is 5.63. The van der Waals surface area contributed by atoms with Gasteiger partial charge in [0.05, 0.1) is 25.2 Å². The van der Waals surface area contributed by atoms with E-state index in [4.69, 9.17) is 14.2 Å². The van der Waals surface area contributed by atoms with Gasteiger partial charge < -0.3 is 24.2 Å². The van der Waals surface area contributed by atoms with Crippen LogP contribution in [0.15, 0.2) is 24.3 Å². The van der Waals surface area contributed by atoms with E-state index in [0.29, 0.717) is 56.9 Å². The van der Waals surface area contributed by atoms with Gasteiger partial charge in [0.25, 0.3) is 0 Å². The van der Waals surface area contributed by atoms with Crippen LogP contribution in [0.25, 0.3) is 0 Å². The lowest BCUT2D eigenvalue weighted by Crippen LogP contribution is -2.38. The lowest BCUT2D eigenvalue weighted by Gasteiger charge is -2.26. The normalized spacial score (nSPS) is 13.8. The summed E-state index contributed by atoms with van der Waals surface area (Å²) in [7, 11) is 3.19. The van der Waals surface area contributed by atoms with Crippen molar-refractivity contribution in [3.05, 3.63) is 57.6 Å². The van der Waals surface area contributed by atoms with Crippen LogP contribution in [0, 0.1) is 6.92 Å². The summed E-state index contributed by atoms with van der Waals surface area (Å²) in [5, 5.41) is 11.1. The Labute approximate surface area is 245 Å². The molecule has 1 saturated heterocycles. The van der Waals surface area contributed by atoms with Crippen molar-refractivity contribution in [2.24, 2.45) is 0 Å². The molecule has 2 aromatic carbocycles. The van der Waals surface area contributed by atoms with E-state index in [-0.39, 0.29) is 29.4 Å². The number of piperidine rings is 1. The highest BCUT2D eigenvalue weighted by molar-refractivity contribution is 6.12. The van der Waals surface area contributed by atoms with Crippen molar-refractivity contribution in [1.29, 1.82) is 0 Å². The summed E-state index contributed by atoms with van der Waals surface area (Å²) >= 11 is 0. The van der Waals surface area contributed by atoms with Gasteiger partial charge >= 0.3 is 0 Å². The molecule has 1 amide bonds. The molecule has 0 bridgehead atoms. The molecule has 8 heteroatoms. The quantitative estimate of drug-likeness (QED) is 0.297. The number of carbonyl (C=O) groups is 2. The maximum Gasteiger partial charge on any atom is 0.227 e. The maximum atomic E-state index is 14.0. The van der Waals surface area contributed by atoms with E-state index < -0.39 is 0 Å². The van der Waals surface area contributed by atoms with Crippen LogP contribution in [0.1, 0.15) is 71.3 Å². The fourth-order valence-electron chi connectivity index (χ4n) is 5.63. The summed E-state index contributed by atoms with van der Waals surface area (Å²) < 4.78 is 16.5. The molecule has 0 radical (unpaired) electrons. The number of phenolic OH excluding ortho intramolecular Hbond substituents is 1. The van der Waals surface area contributed by atoms with Crippen molar-refractivity contribution >= 4 is 11.7 Å². The summed E-state index contributed by atoms with van der Waals surface area (Å²) in [6.45, 7) is 11.3. The number of amides is 1. The molecule has 1 heterocycles. The Balaban J connectivity index is 1.88. The molecule has 0 spiro atoms. The van der Waals surface area contributed by atoms with Gasteiger partial charge in [-0.05, 0) is 92.2 Å². The molecule has 2 aromatic rings. The second kappa shape index (κ2) is 16.5. The Bertz CT molecular complexity index is 1150. The minimum Gasteiger partial charge on any atom is -0.507 e. The number of likely N-dealkylation sites (tertiary alicyclic amines) is 1. The smallest absolute Gasteiger partial charge is 0.227 e. The van der Waals surface area contributed by atoms with Crippen LogP contribution in [-0.4, -0.2) is 93.4 Å². The first-order chi connectivity index (χ1) is 19.8. The number of methoxy groups -OCH3 is 2. The average molecular weight is 569 g/mol. The molecule has 41 heavy (non-hydrogen) atoms. The van der Waals surface area contributed by atoms with Gasteiger partial charge in [-0.3, -0.25) is 14.5 Å². The lowest BCUT2D eigenvalue weighted by molar-refractivity contribution is -0.131. The van der Waals surface area contributed by atoms with Crippen molar-refractivity contribution in [3.63, 3.8) is 0 Å². The van der Waals surface area contributed by atoms with E-state index in [0.717, 1.165) is 42.1 Å². The molecule has 1 aliphatic rings. The van der Waals surface area contributed by atoms with Gasteiger partial charge in [0.1, 0.15) is 18.1 Å². The molecule has 1 N–H and O–H groups in total. The Morgan fingerprint density at radius 2 is 1.61 bits per heavy atom. The molecule has 0 saturated carbocycles. The monoisotopic (exact) mass is 568 g/mol. The zero-order valence-electron chi connectivity index (χ0n) is 25.6. The molecule has 3 rings (SSSR count). The van der Waals surface area contributed by atoms with Crippen molar-refractivity contribution in [1.82, 2.24) is 9.80 Å². The average Bonchev–Trinajstić information content (AvgIpc) is 2.97. The highest BCUT2D eigenvalue weighted by Crippen LogP contribution is 2.33. The van der Waals surface area contributed by atoms with Gasteiger partial charge in [-0.1, -0.05) is 20.3 Å². The summed E-state index contributed by atoms with van der Waals surface area (Å²) in [6, 6.07) is 7.11. The number of nitrogens with zero attached hydrogens (tertiary/aromatic N) is 2. The van der Waals surface area contributed by atoms with Crippen LogP contribution in [0.4, 0.5) is 0 Å². The van der Waals surface area contributed by atoms with Crippen molar-refractivity contribution < 1.29 is 28.9 Å². The van der Waals surface area contributed by atoms with Crippen LogP contribution in [0.2, 0.25) is 0 Å². The van der Waals surface area contributed by atoms with Crippen molar-refractivity contribution in [2.75, 3.05) is 66.8 Å². The van der Waals surface area contributed by atoms with Gasteiger partial charge in [-0.2, -0.15) is 0 Å². The minimum atomic E-state index is -0.296. The molecule has 0 unspecified atom stereocenters. The first-order valence-electron chi connectivity index (χ1n) is 15.0. The summed E-state index contributed by atoms with van der Waals surface area (Å²) in [5.74, 6) is 0.243. The molecular weight excluding hydrogens is 520 g/mol. The van der Waals surface area contributed by atoms with Crippen LogP contribution >= 0.6 is 0 Å². The maximum absolute atomic E-state index is 14.0. The molecule has 1 aliphatic heterocycles. The number of ether oxygens (including phenoxy) is 3. The van der Waals surface area contributed by atoms with Crippen LogP contribution in [0.5, 0.6) is 11.5 Å². The van der Waals surface area contributed by atoms with E-state index in [2.05, 4.69) is 4.90 Å². The molecular formula is C33H48N2O6. The number of phenols is 1. The molecule has 226 valence electrons. The first-order valence-corrected chi connectivity index (χ1v) is 15.0.